The smallest absolute Gasteiger partial charge is 0.268 e. The molecule has 0 bridgehead atoms. The highest BCUT2D eigenvalue weighted by molar-refractivity contribution is 6.20. The standard InChI is InChI=1S/C14H8F2N2O2/c15-10-4-1-5-11(16)9(10)7-18-13(19)8-3-2-6-17-12(8)14(18)20/h1-6H,7H2. The van der Waals surface area contributed by atoms with Crippen molar-refractivity contribution in [3.8, 4) is 0 Å². The monoisotopic (exact) mass is 274 g/mol. The summed E-state index contributed by atoms with van der Waals surface area (Å²) in [7, 11) is 0. The summed E-state index contributed by atoms with van der Waals surface area (Å²) in [5.41, 5.74) is -0.162. The van der Waals surface area contributed by atoms with E-state index in [9.17, 15) is 18.4 Å². The van der Waals surface area contributed by atoms with Crippen LogP contribution in [0.4, 0.5) is 8.78 Å². The molecule has 0 saturated heterocycles. The number of rotatable bonds is 2. The fourth-order valence-corrected chi connectivity index (χ4v) is 2.10. The van der Waals surface area contributed by atoms with Gasteiger partial charge in [0.05, 0.1) is 12.1 Å². The molecule has 0 radical (unpaired) electrons. The lowest BCUT2D eigenvalue weighted by molar-refractivity contribution is 0.0637. The van der Waals surface area contributed by atoms with Gasteiger partial charge in [-0.2, -0.15) is 0 Å². The minimum absolute atomic E-state index is 0.00856. The van der Waals surface area contributed by atoms with Crippen molar-refractivity contribution in [1.29, 1.82) is 0 Å². The Morgan fingerprint density at radius 2 is 1.70 bits per heavy atom. The molecule has 0 N–H and O–H groups in total. The van der Waals surface area contributed by atoms with Crippen LogP contribution in [0.1, 0.15) is 26.4 Å². The molecule has 1 aromatic carbocycles. The van der Waals surface area contributed by atoms with Gasteiger partial charge in [0, 0.05) is 11.8 Å². The molecule has 2 heterocycles. The van der Waals surface area contributed by atoms with Crippen LogP contribution in [0, 0.1) is 11.6 Å². The van der Waals surface area contributed by atoms with Gasteiger partial charge in [0.15, 0.2) is 0 Å². The number of nitrogens with zero attached hydrogens (tertiary/aromatic N) is 2. The molecular formula is C14H8F2N2O2. The first-order chi connectivity index (χ1) is 9.59. The van der Waals surface area contributed by atoms with Crippen LogP contribution in [-0.2, 0) is 6.54 Å². The summed E-state index contributed by atoms with van der Waals surface area (Å²) < 4.78 is 27.2. The summed E-state index contributed by atoms with van der Waals surface area (Å²) in [6.45, 7) is -0.452. The maximum atomic E-state index is 13.6. The summed E-state index contributed by atoms with van der Waals surface area (Å²) in [4.78, 5) is 28.7. The number of fused-ring (bicyclic) bond motifs is 1. The molecule has 0 saturated carbocycles. The van der Waals surface area contributed by atoms with E-state index in [-0.39, 0.29) is 16.8 Å². The van der Waals surface area contributed by atoms with Crippen molar-refractivity contribution in [3.63, 3.8) is 0 Å². The van der Waals surface area contributed by atoms with E-state index >= 15 is 0 Å². The van der Waals surface area contributed by atoms with E-state index in [1.54, 1.807) is 0 Å². The van der Waals surface area contributed by atoms with Crippen molar-refractivity contribution >= 4 is 11.8 Å². The molecule has 1 aliphatic heterocycles. The van der Waals surface area contributed by atoms with E-state index in [4.69, 9.17) is 0 Å². The zero-order chi connectivity index (χ0) is 14.3. The Hall–Kier alpha value is -2.63. The first-order valence-corrected chi connectivity index (χ1v) is 5.83. The van der Waals surface area contributed by atoms with E-state index < -0.39 is 30.0 Å². The average molecular weight is 274 g/mol. The lowest BCUT2D eigenvalue weighted by atomic mass is 10.2. The Balaban J connectivity index is 1.98. The zero-order valence-corrected chi connectivity index (χ0v) is 10.1. The molecular weight excluding hydrogens is 266 g/mol. The second-order valence-corrected chi connectivity index (χ2v) is 4.30. The maximum Gasteiger partial charge on any atom is 0.280 e. The molecule has 100 valence electrons. The van der Waals surface area contributed by atoms with Crippen LogP contribution in [-0.4, -0.2) is 21.7 Å². The lowest BCUT2D eigenvalue weighted by Crippen LogP contribution is -2.30. The molecule has 20 heavy (non-hydrogen) atoms. The van der Waals surface area contributed by atoms with Gasteiger partial charge in [-0.3, -0.25) is 19.5 Å². The number of benzene rings is 1. The van der Waals surface area contributed by atoms with Crippen LogP contribution < -0.4 is 0 Å². The number of hydrogen-bond donors (Lipinski definition) is 0. The summed E-state index contributed by atoms with van der Waals surface area (Å²) in [5.74, 6) is -2.84. The highest BCUT2D eigenvalue weighted by Crippen LogP contribution is 2.24. The minimum atomic E-state index is -0.797. The van der Waals surface area contributed by atoms with Gasteiger partial charge in [-0.05, 0) is 24.3 Å². The van der Waals surface area contributed by atoms with Crippen LogP contribution in [0.25, 0.3) is 0 Å². The SMILES string of the molecule is O=C1c2cccnc2C(=O)N1Cc1c(F)cccc1F. The predicted molar refractivity (Wildman–Crippen MR) is 64.8 cm³/mol. The topological polar surface area (TPSA) is 50.3 Å². The summed E-state index contributed by atoms with van der Waals surface area (Å²) in [6.07, 6.45) is 1.39. The van der Waals surface area contributed by atoms with E-state index in [0.717, 1.165) is 17.0 Å². The lowest BCUT2D eigenvalue weighted by Gasteiger charge is -2.14. The Morgan fingerprint density at radius 1 is 1.00 bits per heavy atom. The van der Waals surface area contributed by atoms with Crippen molar-refractivity contribution in [3.05, 3.63) is 65.0 Å². The molecule has 0 spiro atoms. The third-order valence-electron chi connectivity index (χ3n) is 3.11. The molecule has 2 aromatic rings. The number of hydrogen-bond acceptors (Lipinski definition) is 3. The molecule has 2 amide bonds. The third kappa shape index (κ3) is 1.77. The number of halogens is 2. The van der Waals surface area contributed by atoms with Gasteiger partial charge < -0.3 is 0 Å². The van der Waals surface area contributed by atoms with Crippen LogP contribution in [0.15, 0.2) is 36.5 Å². The van der Waals surface area contributed by atoms with Crippen LogP contribution in [0.5, 0.6) is 0 Å². The number of imide groups is 1. The highest BCUT2D eigenvalue weighted by Gasteiger charge is 2.37. The predicted octanol–water partition coefficient (Wildman–Crippen LogP) is 2.16. The van der Waals surface area contributed by atoms with Gasteiger partial charge in [0.25, 0.3) is 11.8 Å². The highest BCUT2D eigenvalue weighted by atomic mass is 19.1. The van der Waals surface area contributed by atoms with Gasteiger partial charge in [0.1, 0.15) is 17.3 Å². The average Bonchev–Trinajstić information content (AvgIpc) is 2.68. The number of pyridine rings is 1. The fraction of sp³-hybridized carbons (Fsp3) is 0.0714. The fourth-order valence-electron chi connectivity index (χ4n) is 2.10. The van der Waals surface area contributed by atoms with Gasteiger partial charge in [0.2, 0.25) is 0 Å². The number of amides is 2. The molecule has 6 heteroatoms. The second kappa shape index (κ2) is 4.48. The molecule has 0 unspecified atom stereocenters. The van der Waals surface area contributed by atoms with Crippen molar-refractivity contribution in [2.45, 2.75) is 6.54 Å². The van der Waals surface area contributed by atoms with Gasteiger partial charge in [-0.25, -0.2) is 8.78 Å². The first-order valence-electron chi connectivity index (χ1n) is 5.83. The van der Waals surface area contributed by atoms with E-state index in [1.165, 1.54) is 24.4 Å². The zero-order valence-electron chi connectivity index (χ0n) is 10.1. The summed E-state index contributed by atoms with van der Waals surface area (Å²) in [6, 6.07) is 6.36. The quantitative estimate of drug-likeness (QED) is 0.788. The van der Waals surface area contributed by atoms with Crippen molar-refractivity contribution < 1.29 is 18.4 Å². The van der Waals surface area contributed by atoms with Crippen LogP contribution in [0.2, 0.25) is 0 Å². The maximum absolute atomic E-state index is 13.6. The Bertz CT molecular complexity index is 676. The summed E-state index contributed by atoms with van der Waals surface area (Å²) >= 11 is 0. The molecule has 0 fully saturated rings. The van der Waals surface area contributed by atoms with E-state index in [0.29, 0.717) is 0 Å². The van der Waals surface area contributed by atoms with Gasteiger partial charge >= 0.3 is 0 Å². The van der Waals surface area contributed by atoms with Crippen molar-refractivity contribution in [2.75, 3.05) is 0 Å². The molecule has 0 atom stereocenters. The second-order valence-electron chi connectivity index (χ2n) is 4.30. The van der Waals surface area contributed by atoms with Crippen LogP contribution in [0.3, 0.4) is 0 Å². The van der Waals surface area contributed by atoms with E-state index in [1.807, 2.05) is 0 Å². The van der Waals surface area contributed by atoms with Gasteiger partial charge in [-0.1, -0.05) is 6.07 Å². The molecule has 3 rings (SSSR count). The number of carbonyl (C=O) groups is 2. The van der Waals surface area contributed by atoms with Gasteiger partial charge in [-0.15, -0.1) is 0 Å². The van der Waals surface area contributed by atoms with Crippen LogP contribution >= 0.6 is 0 Å². The number of carbonyl (C=O) groups excluding carboxylic acids is 2. The van der Waals surface area contributed by atoms with Crippen molar-refractivity contribution in [2.24, 2.45) is 0 Å². The number of aromatic nitrogens is 1. The Kier molecular flexibility index (Phi) is 2.78. The van der Waals surface area contributed by atoms with E-state index in [2.05, 4.69) is 4.98 Å². The largest absolute Gasteiger partial charge is 0.280 e. The Morgan fingerprint density at radius 3 is 2.35 bits per heavy atom. The molecule has 4 nitrogen and oxygen atoms in total. The molecule has 0 aliphatic carbocycles. The minimum Gasteiger partial charge on any atom is -0.268 e. The Labute approximate surface area is 112 Å². The first kappa shape index (κ1) is 12.4. The molecule has 1 aromatic heterocycles. The van der Waals surface area contributed by atoms with Crippen molar-refractivity contribution in [1.82, 2.24) is 9.88 Å². The third-order valence-corrected chi connectivity index (χ3v) is 3.11. The molecule has 1 aliphatic rings. The summed E-state index contributed by atoms with van der Waals surface area (Å²) in [5, 5.41) is 0. The normalized spacial score (nSPS) is 13.8.